The standard InChI is InChI=1S/C25H23ClN2O3/c1-16-3-12-23(17(2)13-16)28-15-18(14-24(28)29)25(30)27-20-6-10-22(11-7-20)31-21-8-4-19(26)5-9-21/h3-13,18H,14-15H2,1-2H3,(H,27,30)/t18-/m1/s1. The molecule has 1 N–H and O–H groups in total. The van der Waals surface area contributed by atoms with E-state index in [2.05, 4.69) is 5.32 Å². The van der Waals surface area contributed by atoms with Gasteiger partial charge in [-0.15, -0.1) is 0 Å². The fourth-order valence-electron chi connectivity index (χ4n) is 3.71. The Morgan fingerprint density at radius 1 is 1.00 bits per heavy atom. The molecule has 0 radical (unpaired) electrons. The van der Waals surface area contributed by atoms with Gasteiger partial charge in [0.05, 0.1) is 5.92 Å². The zero-order valence-electron chi connectivity index (χ0n) is 17.4. The third-order valence-electron chi connectivity index (χ3n) is 5.31. The molecule has 5 nitrogen and oxygen atoms in total. The van der Waals surface area contributed by atoms with Crippen molar-refractivity contribution in [2.24, 2.45) is 5.92 Å². The predicted molar refractivity (Wildman–Crippen MR) is 123 cm³/mol. The molecular formula is C25H23ClN2O3. The van der Waals surface area contributed by atoms with Gasteiger partial charge in [0.15, 0.2) is 0 Å². The van der Waals surface area contributed by atoms with Crippen molar-refractivity contribution in [1.29, 1.82) is 0 Å². The molecule has 2 amide bonds. The number of anilines is 2. The molecule has 1 heterocycles. The van der Waals surface area contributed by atoms with E-state index in [1.807, 2.05) is 32.0 Å². The molecule has 0 bridgehead atoms. The van der Waals surface area contributed by atoms with Gasteiger partial charge in [0.2, 0.25) is 11.8 Å². The molecule has 1 aliphatic rings. The highest BCUT2D eigenvalue weighted by Crippen LogP contribution is 2.30. The van der Waals surface area contributed by atoms with Crippen LogP contribution in [0.1, 0.15) is 17.5 Å². The maximum absolute atomic E-state index is 12.8. The van der Waals surface area contributed by atoms with Crippen LogP contribution in [0.25, 0.3) is 0 Å². The summed E-state index contributed by atoms with van der Waals surface area (Å²) in [5.74, 6) is 0.749. The molecule has 1 saturated heterocycles. The summed E-state index contributed by atoms with van der Waals surface area (Å²) in [5.41, 5.74) is 3.71. The summed E-state index contributed by atoms with van der Waals surface area (Å²) in [4.78, 5) is 27.0. The molecule has 0 spiro atoms. The van der Waals surface area contributed by atoms with Gasteiger partial charge in [-0.3, -0.25) is 9.59 Å². The van der Waals surface area contributed by atoms with Gasteiger partial charge in [0.25, 0.3) is 0 Å². The first-order valence-corrected chi connectivity index (χ1v) is 10.5. The fourth-order valence-corrected chi connectivity index (χ4v) is 3.84. The topological polar surface area (TPSA) is 58.6 Å². The highest BCUT2D eigenvalue weighted by Gasteiger charge is 2.35. The summed E-state index contributed by atoms with van der Waals surface area (Å²) in [6, 6.07) is 20.2. The average molecular weight is 435 g/mol. The Morgan fingerprint density at radius 3 is 2.29 bits per heavy atom. The summed E-state index contributed by atoms with van der Waals surface area (Å²) < 4.78 is 5.77. The average Bonchev–Trinajstić information content (AvgIpc) is 3.13. The van der Waals surface area contributed by atoms with Crippen LogP contribution < -0.4 is 15.0 Å². The summed E-state index contributed by atoms with van der Waals surface area (Å²) in [7, 11) is 0. The summed E-state index contributed by atoms with van der Waals surface area (Å²) >= 11 is 5.88. The van der Waals surface area contributed by atoms with Crippen LogP contribution in [0.4, 0.5) is 11.4 Å². The van der Waals surface area contributed by atoms with Gasteiger partial charge in [-0.25, -0.2) is 0 Å². The van der Waals surface area contributed by atoms with Gasteiger partial charge in [-0.05, 0) is 74.0 Å². The second-order valence-electron chi connectivity index (χ2n) is 7.76. The summed E-state index contributed by atoms with van der Waals surface area (Å²) in [6.45, 7) is 4.38. The lowest BCUT2D eigenvalue weighted by molar-refractivity contribution is -0.122. The van der Waals surface area contributed by atoms with Crippen LogP contribution in [0.2, 0.25) is 5.02 Å². The van der Waals surface area contributed by atoms with Gasteiger partial charge in [0, 0.05) is 29.4 Å². The molecule has 3 aromatic carbocycles. The van der Waals surface area contributed by atoms with Crippen molar-refractivity contribution in [2.45, 2.75) is 20.3 Å². The van der Waals surface area contributed by atoms with Gasteiger partial charge in [-0.1, -0.05) is 29.3 Å². The van der Waals surface area contributed by atoms with Crippen LogP contribution >= 0.6 is 11.6 Å². The molecule has 1 aliphatic heterocycles. The zero-order chi connectivity index (χ0) is 22.0. The number of carbonyl (C=O) groups is 2. The SMILES string of the molecule is Cc1ccc(N2C[C@H](C(=O)Nc3ccc(Oc4ccc(Cl)cc4)cc3)CC2=O)c(C)c1. The Labute approximate surface area is 186 Å². The summed E-state index contributed by atoms with van der Waals surface area (Å²) in [5, 5.41) is 3.55. The Morgan fingerprint density at radius 2 is 1.65 bits per heavy atom. The van der Waals surface area contributed by atoms with E-state index in [-0.39, 0.29) is 18.2 Å². The normalized spacial score (nSPS) is 15.8. The van der Waals surface area contributed by atoms with Gasteiger partial charge < -0.3 is 15.0 Å². The minimum atomic E-state index is -0.391. The van der Waals surface area contributed by atoms with Crippen molar-refractivity contribution in [3.05, 3.63) is 82.9 Å². The number of benzene rings is 3. The quantitative estimate of drug-likeness (QED) is 0.557. The van der Waals surface area contributed by atoms with Gasteiger partial charge in [0.1, 0.15) is 11.5 Å². The highest BCUT2D eigenvalue weighted by molar-refractivity contribution is 6.30. The maximum Gasteiger partial charge on any atom is 0.229 e. The Bertz CT molecular complexity index is 1110. The Hall–Kier alpha value is -3.31. The second kappa shape index (κ2) is 8.82. The van der Waals surface area contributed by atoms with E-state index in [1.54, 1.807) is 53.4 Å². The van der Waals surface area contributed by atoms with Crippen LogP contribution in [0.5, 0.6) is 11.5 Å². The van der Waals surface area contributed by atoms with Crippen LogP contribution in [-0.2, 0) is 9.59 Å². The molecule has 3 aromatic rings. The number of aryl methyl sites for hydroxylation is 2. The smallest absolute Gasteiger partial charge is 0.229 e. The van der Waals surface area contributed by atoms with Crippen molar-refractivity contribution < 1.29 is 14.3 Å². The van der Waals surface area contributed by atoms with E-state index < -0.39 is 5.92 Å². The largest absolute Gasteiger partial charge is 0.457 e. The lowest BCUT2D eigenvalue weighted by atomic mass is 10.1. The van der Waals surface area contributed by atoms with E-state index in [1.165, 1.54) is 0 Å². The first-order valence-electron chi connectivity index (χ1n) is 10.1. The summed E-state index contributed by atoms with van der Waals surface area (Å²) in [6.07, 6.45) is 0.205. The van der Waals surface area contributed by atoms with E-state index in [0.717, 1.165) is 16.8 Å². The van der Waals surface area contributed by atoms with E-state index in [0.29, 0.717) is 28.8 Å². The van der Waals surface area contributed by atoms with Crippen molar-refractivity contribution in [3.8, 4) is 11.5 Å². The number of nitrogens with one attached hydrogen (secondary N) is 1. The molecule has 1 atom stereocenters. The minimum Gasteiger partial charge on any atom is -0.457 e. The number of ether oxygens (including phenoxy) is 1. The molecule has 31 heavy (non-hydrogen) atoms. The maximum atomic E-state index is 12.8. The molecule has 1 fully saturated rings. The van der Waals surface area contributed by atoms with Crippen molar-refractivity contribution in [3.63, 3.8) is 0 Å². The fraction of sp³-hybridized carbons (Fsp3) is 0.200. The third-order valence-corrected chi connectivity index (χ3v) is 5.56. The molecule has 4 rings (SSSR count). The molecular weight excluding hydrogens is 412 g/mol. The highest BCUT2D eigenvalue weighted by atomic mass is 35.5. The number of hydrogen-bond acceptors (Lipinski definition) is 3. The lowest BCUT2D eigenvalue weighted by Crippen LogP contribution is -2.28. The molecule has 158 valence electrons. The molecule has 0 unspecified atom stereocenters. The number of rotatable bonds is 5. The number of carbonyl (C=O) groups excluding carboxylic acids is 2. The predicted octanol–water partition coefficient (Wildman–Crippen LogP) is 5.74. The Balaban J connectivity index is 1.38. The second-order valence-corrected chi connectivity index (χ2v) is 8.20. The van der Waals surface area contributed by atoms with Crippen LogP contribution in [-0.4, -0.2) is 18.4 Å². The van der Waals surface area contributed by atoms with Gasteiger partial charge in [-0.2, -0.15) is 0 Å². The third kappa shape index (κ3) is 4.89. The Kier molecular flexibility index (Phi) is 5.96. The van der Waals surface area contributed by atoms with Crippen molar-refractivity contribution in [2.75, 3.05) is 16.8 Å². The van der Waals surface area contributed by atoms with Crippen LogP contribution in [0.3, 0.4) is 0 Å². The van der Waals surface area contributed by atoms with E-state index in [4.69, 9.17) is 16.3 Å². The number of hydrogen-bond donors (Lipinski definition) is 1. The number of nitrogens with zero attached hydrogens (tertiary/aromatic N) is 1. The molecule has 0 aliphatic carbocycles. The number of halogens is 1. The first-order chi connectivity index (χ1) is 14.9. The molecule has 6 heteroatoms. The zero-order valence-corrected chi connectivity index (χ0v) is 18.1. The van der Waals surface area contributed by atoms with E-state index >= 15 is 0 Å². The van der Waals surface area contributed by atoms with Crippen LogP contribution in [0, 0.1) is 19.8 Å². The van der Waals surface area contributed by atoms with Crippen LogP contribution in [0.15, 0.2) is 66.7 Å². The number of amides is 2. The monoisotopic (exact) mass is 434 g/mol. The van der Waals surface area contributed by atoms with Crippen molar-refractivity contribution in [1.82, 2.24) is 0 Å². The molecule has 0 saturated carbocycles. The molecule has 0 aromatic heterocycles. The van der Waals surface area contributed by atoms with Gasteiger partial charge >= 0.3 is 0 Å². The van der Waals surface area contributed by atoms with E-state index in [9.17, 15) is 9.59 Å². The van der Waals surface area contributed by atoms with Crippen molar-refractivity contribution >= 4 is 34.8 Å². The lowest BCUT2D eigenvalue weighted by Gasteiger charge is -2.19. The first kappa shape index (κ1) is 20.9. The minimum absolute atomic E-state index is 0.0289.